The molecule has 124 valence electrons. The van der Waals surface area contributed by atoms with Gasteiger partial charge >= 0.3 is 0 Å². The second kappa shape index (κ2) is 10.6. The summed E-state index contributed by atoms with van der Waals surface area (Å²) in [5.41, 5.74) is 0. The molecule has 2 fully saturated rings. The first kappa shape index (κ1) is 17.3. The van der Waals surface area contributed by atoms with E-state index in [4.69, 9.17) is 4.74 Å². The van der Waals surface area contributed by atoms with Gasteiger partial charge in [0, 0.05) is 12.6 Å². The lowest BCUT2D eigenvalue weighted by molar-refractivity contribution is 0.0811. The van der Waals surface area contributed by atoms with Crippen molar-refractivity contribution < 1.29 is 4.74 Å². The van der Waals surface area contributed by atoms with Gasteiger partial charge in [0.05, 0.1) is 6.10 Å². The predicted octanol–water partition coefficient (Wildman–Crippen LogP) is 5.06. The van der Waals surface area contributed by atoms with Crippen LogP contribution < -0.4 is 5.32 Å². The molecule has 2 unspecified atom stereocenters. The first-order chi connectivity index (χ1) is 10.4. The largest absolute Gasteiger partial charge is 0.376 e. The minimum absolute atomic E-state index is 0.549. The first-order valence-corrected chi connectivity index (χ1v) is 9.77. The Kier molecular flexibility index (Phi) is 8.73. The number of hydrogen-bond acceptors (Lipinski definition) is 2. The van der Waals surface area contributed by atoms with E-state index in [2.05, 4.69) is 12.2 Å². The van der Waals surface area contributed by atoms with Crippen molar-refractivity contribution >= 4 is 0 Å². The highest BCUT2D eigenvalue weighted by Crippen LogP contribution is 2.38. The average molecular weight is 296 g/mol. The first-order valence-electron chi connectivity index (χ1n) is 9.77. The van der Waals surface area contributed by atoms with Crippen LogP contribution in [0.3, 0.4) is 0 Å². The minimum atomic E-state index is 0.549. The van der Waals surface area contributed by atoms with Gasteiger partial charge in [-0.3, -0.25) is 0 Å². The Balaban J connectivity index is 1.34. The molecule has 1 aliphatic carbocycles. The van der Waals surface area contributed by atoms with Gasteiger partial charge in [-0.25, -0.2) is 0 Å². The molecule has 0 spiro atoms. The maximum absolute atomic E-state index is 5.88. The van der Waals surface area contributed by atoms with E-state index in [0.29, 0.717) is 12.1 Å². The van der Waals surface area contributed by atoms with Crippen molar-refractivity contribution in [3.63, 3.8) is 0 Å². The Labute approximate surface area is 132 Å². The molecule has 1 aliphatic heterocycles. The third-order valence-corrected chi connectivity index (χ3v) is 5.16. The van der Waals surface area contributed by atoms with E-state index < -0.39 is 0 Å². The molecule has 2 rings (SSSR count). The molecule has 0 amide bonds. The fraction of sp³-hybridized carbons (Fsp3) is 1.00. The van der Waals surface area contributed by atoms with Crippen molar-refractivity contribution in [1.82, 2.24) is 5.32 Å². The lowest BCUT2D eigenvalue weighted by Crippen LogP contribution is -2.38. The van der Waals surface area contributed by atoms with E-state index in [0.717, 1.165) is 12.5 Å². The number of ether oxygens (including phenoxy) is 1. The van der Waals surface area contributed by atoms with Gasteiger partial charge in [0.2, 0.25) is 0 Å². The molecule has 2 atom stereocenters. The summed E-state index contributed by atoms with van der Waals surface area (Å²) >= 11 is 0. The summed E-state index contributed by atoms with van der Waals surface area (Å²) in [6.45, 7) is 4.48. The minimum Gasteiger partial charge on any atom is -0.376 e. The third-order valence-electron chi connectivity index (χ3n) is 5.16. The van der Waals surface area contributed by atoms with Gasteiger partial charge in [0.1, 0.15) is 0 Å². The van der Waals surface area contributed by atoms with Gasteiger partial charge in [-0.2, -0.15) is 0 Å². The molecule has 1 saturated carbocycles. The van der Waals surface area contributed by atoms with Gasteiger partial charge in [0.15, 0.2) is 0 Å². The molecule has 0 radical (unpaired) electrons. The van der Waals surface area contributed by atoms with Gasteiger partial charge in [-0.1, -0.05) is 64.7 Å². The van der Waals surface area contributed by atoms with Crippen molar-refractivity contribution in [1.29, 1.82) is 0 Å². The lowest BCUT2D eigenvalue weighted by atomic mass is 10.1. The summed E-state index contributed by atoms with van der Waals surface area (Å²) in [5.74, 6) is 0.887. The maximum Gasteiger partial charge on any atom is 0.0756 e. The Bertz CT molecular complexity index is 252. The van der Waals surface area contributed by atoms with Gasteiger partial charge in [0.25, 0.3) is 0 Å². The molecule has 2 nitrogen and oxygen atoms in total. The van der Waals surface area contributed by atoms with Crippen LogP contribution in [0.1, 0.15) is 90.4 Å². The zero-order valence-electron chi connectivity index (χ0n) is 14.2. The molecule has 0 aromatic carbocycles. The van der Waals surface area contributed by atoms with Crippen LogP contribution in [-0.4, -0.2) is 25.3 Å². The number of rotatable bonds is 13. The van der Waals surface area contributed by atoms with E-state index in [9.17, 15) is 0 Å². The molecule has 1 N–H and O–H groups in total. The van der Waals surface area contributed by atoms with Crippen LogP contribution in [0.2, 0.25) is 0 Å². The molecule has 0 aromatic heterocycles. The van der Waals surface area contributed by atoms with E-state index in [1.54, 1.807) is 0 Å². The van der Waals surface area contributed by atoms with Crippen LogP contribution >= 0.6 is 0 Å². The second-order valence-corrected chi connectivity index (χ2v) is 7.20. The molecule has 0 bridgehead atoms. The SMILES string of the molecule is CCCCCCCCCCCCNC1CCOC1C1CC1. The zero-order valence-corrected chi connectivity index (χ0v) is 14.2. The maximum atomic E-state index is 5.88. The third kappa shape index (κ3) is 7.15. The van der Waals surface area contributed by atoms with E-state index >= 15 is 0 Å². The molecule has 1 heterocycles. The zero-order chi connectivity index (χ0) is 14.8. The van der Waals surface area contributed by atoms with E-state index in [-0.39, 0.29) is 0 Å². The fourth-order valence-electron chi connectivity index (χ4n) is 3.62. The van der Waals surface area contributed by atoms with Gasteiger partial charge < -0.3 is 10.1 Å². The Morgan fingerprint density at radius 3 is 2.05 bits per heavy atom. The van der Waals surface area contributed by atoms with Crippen molar-refractivity contribution in [3.05, 3.63) is 0 Å². The predicted molar refractivity (Wildman–Crippen MR) is 90.7 cm³/mol. The standard InChI is InChI=1S/C19H37NO/c1-2-3-4-5-6-7-8-9-10-11-15-20-18-14-16-21-19(18)17-12-13-17/h17-20H,2-16H2,1H3. The summed E-state index contributed by atoms with van der Waals surface area (Å²) in [5, 5.41) is 3.75. The van der Waals surface area contributed by atoms with Crippen LogP contribution in [0.4, 0.5) is 0 Å². The molecule has 21 heavy (non-hydrogen) atoms. The molecule has 0 aromatic rings. The van der Waals surface area contributed by atoms with Crippen LogP contribution in [-0.2, 0) is 4.74 Å². The van der Waals surface area contributed by atoms with Crippen LogP contribution in [0, 0.1) is 5.92 Å². The summed E-state index contributed by atoms with van der Waals surface area (Å²) in [6.07, 6.45) is 18.8. The Hall–Kier alpha value is -0.0800. The van der Waals surface area contributed by atoms with E-state index in [1.165, 1.54) is 90.0 Å². The van der Waals surface area contributed by atoms with Gasteiger partial charge in [-0.15, -0.1) is 0 Å². The normalized spacial score (nSPS) is 25.6. The monoisotopic (exact) mass is 295 g/mol. The van der Waals surface area contributed by atoms with Gasteiger partial charge in [-0.05, 0) is 38.1 Å². The molecular weight excluding hydrogens is 258 g/mol. The smallest absolute Gasteiger partial charge is 0.0756 e. The fourth-order valence-corrected chi connectivity index (χ4v) is 3.62. The summed E-state index contributed by atoms with van der Waals surface area (Å²) in [4.78, 5) is 0. The summed E-state index contributed by atoms with van der Waals surface area (Å²) in [7, 11) is 0. The van der Waals surface area contributed by atoms with E-state index in [1.807, 2.05) is 0 Å². The lowest BCUT2D eigenvalue weighted by Gasteiger charge is -2.19. The average Bonchev–Trinajstić information content (AvgIpc) is 3.24. The van der Waals surface area contributed by atoms with Crippen molar-refractivity contribution in [2.24, 2.45) is 5.92 Å². The van der Waals surface area contributed by atoms with Crippen LogP contribution in [0.15, 0.2) is 0 Å². The second-order valence-electron chi connectivity index (χ2n) is 7.20. The molecule has 2 heteroatoms. The van der Waals surface area contributed by atoms with Crippen molar-refractivity contribution in [2.75, 3.05) is 13.2 Å². The van der Waals surface area contributed by atoms with Crippen molar-refractivity contribution in [2.45, 2.75) is 103 Å². The quantitative estimate of drug-likeness (QED) is 0.479. The summed E-state index contributed by atoms with van der Waals surface area (Å²) in [6, 6.07) is 0.663. The van der Waals surface area contributed by atoms with Crippen molar-refractivity contribution in [3.8, 4) is 0 Å². The topological polar surface area (TPSA) is 21.3 Å². The Morgan fingerprint density at radius 2 is 1.43 bits per heavy atom. The molecule has 2 aliphatic rings. The van der Waals surface area contributed by atoms with Crippen LogP contribution in [0.25, 0.3) is 0 Å². The number of unbranched alkanes of at least 4 members (excludes halogenated alkanes) is 9. The highest BCUT2D eigenvalue weighted by atomic mass is 16.5. The van der Waals surface area contributed by atoms with Crippen LogP contribution in [0.5, 0.6) is 0 Å². The highest BCUT2D eigenvalue weighted by Gasteiger charge is 2.40. The number of nitrogens with one attached hydrogen (secondary N) is 1. The summed E-state index contributed by atoms with van der Waals surface area (Å²) < 4.78 is 5.88. The number of hydrogen-bond donors (Lipinski definition) is 1. The molecular formula is C19H37NO. The Morgan fingerprint density at radius 1 is 0.810 bits per heavy atom. The highest BCUT2D eigenvalue weighted by molar-refractivity contribution is 4.93. The molecule has 1 saturated heterocycles.